The highest BCUT2D eigenvalue weighted by Crippen LogP contribution is 2.19. The molecular weight excluding hydrogens is 311 g/mol. The van der Waals surface area contributed by atoms with E-state index in [1.165, 1.54) is 11.9 Å². The summed E-state index contributed by atoms with van der Waals surface area (Å²) in [7, 11) is 1.49. The molecule has 0 aromatic carbocycles. The molecular formula is C15H26F3N3O2. The molecule has 1 aliphatic heterocycles. The predicted molar refractivity (Wildman–Crippen MR) is 80.8 cm³/mol. The molecule has 134 valence electrons. The van der Waals surface area contributed by atoms with Crippen molar-refractivity contribution in [3.63, 3.8) is 0 Å². The molecule has 1 saturated heterocycles. The summed E-state index contributed by atoms with van der Waals surface area (Å²) in [5, 5.41) is 2.68. The van der Waals surface area contributed by atoms with Gasteiger partial charge in [-0.25, -0.2) is 0 Å². The molecule has 0 spiro atoms. The summed E-state index contributed by atoms with van der Waals surface area (Å²) in [5.74, 6) is -0.127. The number of amides is 2. The van der Waals surface area contributed by atoms with E-state index >= 15 is 0 Å². The largest absolute Gasteiger partial charge is 0.390 e. The van der Waals surface area contributed by atoms with Crippen molar-refractivity contribution in [3.05, 3.63) is 0 Å². The maximum atomic E-state index is 12.1. The number of alkyl halides is 3. The van der Waals surface area contributed by atoms with Crippen molar-refractivity contribution < 1.29 is 22.8 Å². The Kier molecular flexibility index (Phi) is 8.36. The smallest absolute Gasteiger partial charge is 0.355 e. The Hall–Kier alpha value is -1.31. The van der Waals surface area contributed by atoms with Crippen molar-refractivity contribution in [2.24, 2.45) is 0 Å². The molecule has 0 unspecified atom stereocenters. The van der Waals surface area contributed by atoms with Crippen molar-refractivity contribution in [1.29, 1.82) is 0 Å². The lowest BCUT2D eigenvalue weighted by Gasteiger charge is -2.21. The topological polar surface area (TPSA) is 52.7 Å². The van der Waals surface area contributed by atoms with Gasteiger partial charge in [0.15, 0.2) is 0 Å². The lowest BCUT2D eigenvalue weighted by molar-refractivity contribution is -0.139. The summed E-state index contributed by atoms with van der Waals surface area (Å²) >= 11 is 0. The minimum Gasteiger partial charge on any atom is -0.355 e. The van der Waals surface area contributed by atoms with Gasteiger partial charge in [-0.05, 0) is 26.3 Å². The molecule has 0 radical (unpaired) electrons. The van der Waals surface area contributed by atoms with Crippen molar-refractivity contribution in [2.45, 2.75) is 44.7 Å². The van der Waals surface area contributed by atoms with Gasteiger partial charge in [0.1, 0.15) is 0 Å². The number of halogens is 3. The number of nitrogens with zero attached hydrogens (tertiary/aromatic N) is 2. The van der Waals surface area contributed by atoms with Crippen LogP contribution in [0.3, 0.4) is 0 Å². The molecule has 5 nitrogen and oxygen atoms in total. The molecule has 2 amide bonds. The van der Waals surface area contributed by atoms with Gasteiger partial charge >= 0.3 is 6.18 Å². The third kappa shape index (κ3) is 9.43. The lowest BCUT2D eigenvalue weighted by Crippen LogP contribution is -2.38. The predicted octanol–water partition coefficient (Wildman–Crippen LogP) is 1.78. The summed E-state index contributed by atoms with van der Waals surface area (Å²) in [6.45, 7) is 1.56. The maximum Gasteiger partial charge on any atom is 0.390 e. The zero-order chi connectivity index (χ0) is 17.3. The highest BCUT2D eigenvalue weighted by molar-refractivity contribution is 5.78. The molecule has 1 N–H and O–H groups in total. The summed E-state index contributed by atoms with van der Waals surface area (Å²) in [6.07, 6.45) is -0.847. The van der Waals surface area contributed by atoms with E-state index in [0.29, 0.717) is 25.9 Å². The second-order valence-electron chi connectivity index (χ2n) is 6.00. The number of likely N-dealkylation sites (tertiary alicyclic amines) is 1. The fourth-order valence-corrected chi connectivity index (χ4v) is 2.47. The Labute approximate surface area is 135 Å². The average Bonchev–Trinajstić information content (AvgIpc) is 2.65. The van der Waals surface area contributed by atoms with Crippen molar-refractivity contribution in [1.82, 2.24) is 15.1 Å². The van der Waals surface area contributed by atoms with Gasteiger partial charge in [-0.15, -0.1) is 0 Å². The molecule has 23 heavy (non-hydrogen) atoms. The van der Waals surface area contributed by atoms with Gasteiger partial charge < -0.3 is 10.2 Å². The summed E-state index contributed by atoms with van der Waals surface area (Å²) in [6, 6.07) is 0. The van der Waals surface area contributed by atoms with E-state index in [4.69, 9.17) is 0 Å². The number of nitrogens with one attached hydrogen (secondary N) is 1. The van der Waals surface area contributed by atoms with Crippen LogP contribution in [0.15, 0.2) is 0 Å². The first-order valence-electron chi connectivity index (χ1n) is 8.08. The van der Waals surface area contributed by atoms with Crippen LogP contribution in [-0.2, 0) is 9.59 Å². The Morgan fingerprint density at radius 1 is 1.30 bits per heavy atom. The van der Waals surface area contributed by atoms with Gasteiger partial charge in [-0.2, -0.15) is 13.2 Å². The van der Waals surface area contributed by atoms with E-state index in [1.54, 1.807) is 0 Å². The average molecular weight is 337 g/mol. The van der Waals surface area contributed by atoms with Crippen LogP contribution in [0.25, 0.3) is 0 Å². The SMILES string of the molecule is CN(CCC(F)(F)F)CC(=O)NCCCN1CCCCCC1=O. The molecule has 1 heterocycles. The molecule has 0 aromatic rings. The number of rotatable bonds is 8. The third-order valence-corrected chi connectivity index (χ3v) is 3.79. The van der Waals surface area contributed by atoms with E-state index in [-0.39, 0.29) is 24.9 Å². The normalized spacial score (nSPS) is 16.6. The van der Waals surface area contributed by atoms with Crippen LogP contribution in [0.1, 0.15) is 38.5 Å². The van der Waals surface area contributed by atoms with Gasteiger partial charge in [-0.1, -0.05) is 6.42 Å². The first-order valence-corrected chi connectivity index (χ1v) is 8.08. The first-order chi connectivity index (χ1) is 10.8. The number of carbonyl (C=O) groups excluding carboxylic acids is 2. The zero-order valence-electron chi connectivity index (χ0n) is 13.6. The van der Waals surface area contributed by atoms with Crippen LogP contribution in [0, 0.1) is 0 Å². The quantitative estimate of drug-likeness (QED) is 0.687. The number of carbonyl (C=O) groups is 2. The van der Waals surface area contributed by atoms with E-state index in [1.807, 2.05) is 4.90 Å². The number of hydrogen-bond donors (Lipinski definition) is 1. The van der Waals surface area contributed by atoms with Crippen LogP contribution in [0.4, 0.5) is 13.2 Å². The summed E-state index contributed by atoms with van der Waals surface area (Å²) in [5.41, 5.74) is 0. The van der Waals surface area contributed by atoms with Crippen molar-refractivity contribution in [2.75, 3.05) is 39.8 Å². The van der Waals surface area contributed by atoms with Gasteiger partial charge in [0.25, 0.3) is 0 Å². The van der Waals surface area contributed by atoms with Crippen molar-refractivity contribution in [3.8, 4) is 0 Å². The number of hydrogen-bond acceptors (Lipinski definition) is 3. The van der Waals surface area contributed by atoms with Crippen LogP contribution in [0.5, 0.6) is 0 Å². The van der Waals surface area contributed by atoms with E-state index in [2.05, 4.69) is 5.32 Å². The monoisotopic (exact) mass is 337 g/mol. The van der Waals surface area contributed by atoms with E-state index in [9.17, 15) is 22.8 Å². The Balaban J connectivity index is 2.12. The lowest BCUT2D eigenvalue weighted by atomic mass is 10.2. The molecule has 0 aliphatic carbocycles. The fraction of sp³-hybridized carbons (Fsp3) is 0.867. The molecule has 0 bridgehead atoms. The molecule has 1 rings (SSSR count). The van der Waals surface area contributed by atoms with Gasteiger partial charge in [-0.3, -0.25) is 14.5 Å². The molecule has 0 aromatic heterocycles. The minimum absolute atomic E-state index is 0.0568. The van der Waals surface area contributed by atoms with Crippen LogP contribution in [-0.4, -0.2) is 67.6 Å². The Bertz CT molecular complexity index is 389. The fourth-order valence-electron chi connectivity index (χ4n) is 2.47. The van der Waals surface area contributed by atoms with Crippen LogP contribution < -0.4 is 5.32 Å². The summed E-state index contributed by atoms with van der Waals surface area (Å²) < 4.78 is 36.2. The van der Waals surface area contributed by atoms with Gasteiger partial charge in [0.05, 0.1) is 13.0 Å². The maximum absolute atomic E-state index is 12.1. The number of likely N-dealkylation sites (N-methyl/N-ethyl adjacent to an activating group) is 1. The molecule has 0 atom stereocenters. The van der Waals surface area contributed by atoms with Crippen molar-refractivity contribution >= 4 is 11.8 Å². The standard InChI is InChI=1S/C15H26F3N3O2/c1-20(11-7-15(16,17)18)12-13(22)19-8-5-10-21-9-4-2-3-6-14(21)23/h2-12H2,1H3,(H,19,22). The van der Waals surface area contributed by atoms with E-state index < -0.39 is 12.6 Å². The van der Waals surface area contributed by atoms with Crippen LogP contribution in [0.2, 0.25) is 0 Å². The minimum atomic E-state index is -4.20. The molecule has 1 aliphatic rings. The van der Waals surface area contributed by atoms with Crippen LogP contribution >= 0.6 is 0 Å². The molecule has 8 heteroatoms. The third-order valence-electron chi connectivity index (χ3n) is 3.79. The highest BCUT2D eigenvalue weighted by atomic mass is 19.4. The summed E-state index contributed by atoms with van der Waals surface area (Å²) in [4.78, 5) is 26.6. The highest BCUT2D eigenvalue weighted by Gasteiger charge is 2.27. The Morgan fingerprint density at radius 3 is 2.74 bits per heavy atom. The Morgan fingerprint density at radius 2 is 2.04 bits per heavy atom. The van der Waals surface area contributed by atoms with Gasteiger partial charge in [0, 0.05) is 32.6 Å². The van der Waals surface area contributed by atoms with Gasteiger partial charge in [0.2, 0.25) is 11.8 Å². The van der Waals surface area contributed by atoms with E-state index in [0.717, 1.165) is 25.8 Å². The molecule has 0 saturated carbocycles. The second kappa shape index (κ2) is 9.75. The zero-order valence-corrected chi connectivity index (χ0v) is 13.6. The second-order valence-corrected chi connectivity index (χ2v) is 6.00. The molecule has 1 fully saturated rings. The first kappa shape index (κ1) is 19.7.